The molecular weight excluding hydrogens is 436 g/mol. The number of amidine groups is 1. The summed E-state index contributed by atoms with van der Waals surface area (Å²) in [5.41, 5.74) is 7.08. The molecule has 0 unspecified atom stereocenters. The normalized spacial score (nSPS) is 15.6. The molecule has 1 aliphatic rings. The highest BCUT2D eigenvalue weighted by Crippen LogP contribution is 2.39. The summed E-state index contributed by atoms with van der Waals surface area (Å²) in [5, 5.41) is 4.06. The van der Waals surface area contributed by atoms with E-state index < -0.39 is 6.04 Å². The monoisotopic (exact) mass is 468 g/mol. The first-order valence-corrected chi connectivity index (χ1v) is 11.9. The van der Waals surface area contributed by atoms with Gasteiger partial charge in [0, 0.05) is 23.1 Å². The highest BCUT2D eigenvalue weighted by Gasteiger charge is 2.32. The lowest BCUT2D eigenvalue weighted by molar-refractivity contribution is -0.138. The highest BCUT2D eigenvalue weighted by molar-refractivity contribution is 8.13. The topological polar surface area (TPSA) is 69.2 Å². The number of hydrogen-bond donors (Lipinski definition) is 1. The van der Waals surface area contributed by atoms with Crippen LogP contribution in [0.25, 0.3) is 0 Å². The Morgan fingerprint density at radius 2 is 1.76 bits per heavy atom. The van der Waals surface area contributed by atoms with Gasteiger partial charge in [-0.2, -0.15) is 0 Å². The molecule has 2 aromatic rings. The number of carbonyl (C=O) groups is 1. The fourth-order valence-electron chi connectivity index (χ4n) is 4.04. The maximum atomic E-state index is 12.9. The third-order valence-corrected chi connectivity index (χ3v) is 6.56. The van der Waals surface area contributed by atoms with Crippen LogP contribution in [0.5, 0.6) is 11.5 Å². The Morgan fingerprint density at radius 1 is 1.06 bits per heavy atom. The summed E-state index contributed by atoms with van der Waals surface area (Å²) < 4.78 is 16.3. The molecular formula is C26H32N2O4S. The number of thioether (sulfide) groups is 1. The zero-order valence-electron chi connectivity index (χ0n) is 20.4. The largest absolute Gasteiger partial charge is 0.497 e. The number of ether oxygens (including phenoxy) is 3. The number of benzene rings is 2. The van der Waals surface area contributed by atoms with Crippen molar-refractivity contribution < 1.29 is 19.0 Å². The van der Waals surface area contributed by atoms with E-state index in [9.17, 15) is 4.79 Å². The van der Waals surface area contributed by atoms with Crippen LogP contribution in [-0.4, -0.2) is 32.0 Å². The number of nitrogens with one attached hydrogen (secondary N) is 1. The van der Waals surface area contributed by atoms with Crippen molar-refractivity contribution in [1.82, 2.24) is 5.32 Å². The Morgan fingerprint density at radius 3 is 2.36 bits per heavy atom. The SMILES string of the molecule is CCOC(=O)C1=C(C)NC(SCc2c(C)cc(C)cc2C)=N[C@@H]1c1ccc(OC)cc1OC. The smallest absolute Gasteiger partial charge is 0.338 e. The number of esters is 1. The minimum Gasteiger partial charge on any atom is -0.497 e. The van der Waals surface area contributed by atoms with E-state index in [2.05, 4.69) is 38.2 Å². The summed E-state index contributed by atoms with van der Waals surface area (Å²) in [6.07, 6.45) is 0. The van der Waals surface area contributed by atoms with Gasteiger partial charge >= 0.3 is 5.97 Å². The molecule has 0 spiro atoms. The zero-order chi connectivity index (χ0) is 24.1. The first-order chi connectivity index (χ1) is 15.8. The summed E-state index contributed by atoms with van der Waals surface area (Å²) in [6.45, 7) is 10.4. The van der Waals surface area contributed by atoms with Crippen molar-refractivity contribution in [2.75, 3.05) is 20.8 Å². The van der Waals surface area contributed by atoms with E-state index in [0.717, 1.165) is 22.2 Å². The molecule has 6 nitrogen and oxygen atoms in total. The van der Waals surface area contributed by atoms with Gasteiger partial charge in [-0.05, 0) is 63.4 Å². The van der Waals surface area contributed by atoms with Crippen LogP contribution < -0.4 is 14.8 Å². The summed E-state index contributed by atoms with van der Waals surface area (Å²) in [7, 11) is 3.21. The predicted octanol–water partition coefficient (Wildman–Crippen LogP) is 5.40. The van der Waals surface area contributed by atoms with Crippen molar-refractivity contribution in [2.45, 2.75) is 46.4 Å². The van der Waals surface area contributed by atoms with Crippen LogP contribution in [0.4, 0.5) is 0 Å². The van der Waals surface area contributed by atoms with Crippen molar-refractivity contribution in [3.63, 3.8) is 0 Å². The van der Waals surface area contributed by atoms with Crippen LogP contribution in [0, 0.1) is 20.8 Å². The van der Waals surface area contributed by atoms with Gasteiger partial charge in [0.25, 0.3) is 0 Å². The molecule has 2 aromatic carbocycles. The van der Waals surface area contributed by atoms with Gasteiger partial charge in [-0.1, -0.05) is 29.5 Å². The molecule has 0 fully saturated rings. The zero-order valence-corrected chi connectivity index (χ0v) is 21.2. The number of rotatable bonds is 7. The van der Waals surface area contributed by atoms with Gasteiger partial charge in [-0.15, -0.1) is 0 Å². The molecule has 0 saturated heterocycles. The summed E-state index contributed by atoms with van der Waals surface area (Å²) in [5.74, 6) is 1.67. The van der Waals surface area contributed by atoms with Gasteiger partial charge in [0.05, 0.1) is 26.4 Å². The third-order valence-electron chi connectivity index (χ3n) is 5.64. The summed E-state index contributed by atoms with van der Waals surface area (Å²) in [4.78, 5) is 17.8. The number of carbonyl (C=O) groups excluding carboxylic acids is 1. The van der Waals surface area contributed by atoms with E-state index in [1.165, 1.54) is 22.3 Å². The number of nitrogens with zero attached hydrogens (tertiary/aromatic N) is 1. The minimum atomic E-state index is -0.547. The Kier molecular flexibility index (Phi) is 8.08. The molecule has 1 N–H and O–H groups in total. The van der Waals surface area contributed by atoms with Crippen LogP contribution in [0.1, 0.15) is 47.7 Å². The van der Waals surface area contributed by atoms with E-state index >= 15 is 0 Å². The molecule has 33 heavy (non-hydrogen) atoms. The van der Waals surface area contributed by atoms with Crippen molar-refractivity contribution >= 4 is 22.9 Å². The molecule has 1 heterocycles. The average Bonchev–Trinajstić information content (AvgIpc) is 2.77. The van der Waals surface area contributed by atoms with Gasteiger partial charge in [-0.3, -0.25) is 0 Å². The average molecular weight is 469 g/mol. The molecule has 176 valence electrons. The maximum Gasteiger partial charge on any atom is 0.338 e. The molecule has 3 rings (SSSR count). The Hall–Kier alpha value is -2.93. The molecule has 0 amide bonds. The number of methoxy groups -OCH3 is 2. The van der Waals surface area contributed by atoms with Gasteiger partial charge in [0.2, 0.25) is 0 Å². The molecule has 0 aromatic heterocycles. The fourth-order valence-corrected chi connectivity index (χ4v) is 5.18. The van der Waals surface area contributed by atoms with Crippen molar-refractivity contribution in [2.24, 2.45) is 4.99 Å². The molecule has 0 saturated carbocycles. The fraction of sp³-hybridized carbons (Fsp3) is 0.385. The second-order valence-corrected chi connectivity index (χ2v) is 8.96. The quantitative estimate of drug-likeness (QED) is 0.549. The first kappa shape index (κ1) is 24.7. The predicted molar refractivity (Wildman–Crippen MR) is 134 cm³/mol. The third kappa shape index (κ3) is 5.53. The van der Waals surface area contributed by atoms with Crippen molar-refractivity contribution in [3.05, 3.63) is 69.4 Å². The lowest BCUT2D eigenvalue weighted by atomic mass is 9.95. The van der Waals surface area contributed by atoms with Gasteiger partial charge in [0.15, 0.2) is 5.17 Å². The molecule has 0 aliphatic carbocycles. The van der Waals surface area contributed by atoms with Crippen LogP contribution in [0.2, 0.25) is 0 Å². The summed E-state index contributed by atoms with van der Waals surface area (Å²) in [6, 6.07) is 9.40. The van der Waals surface area contributed by atoms with Gasteiger partial charge in [-0.25, -0.2) is 9.79 Å². The van der Waals surface area contributed by atoms with Crippen LogP contribution >= 0.6 is 11.8 Å². The van der Waals surface area contributed by atoms with Gasteiger partial charge < -0.3 is 19.5 Å². The Bertz CT molecular complexity index is 1080. The van der Waals surface area contributed by atoms with E-state index in [-0.39, 0.29) is 5.97 Å². The first-order valence-electron chi connectivity index (χ1n) is 10.9. The Labute approximate surface area is 200 Å². The molecule has 1 atom stereocenters. The standard InChI is InChI=1S/C26H32N2O4S/c1-8-32-25(29)23-18(5)27-26(33-14-21-16(3)11-15(2)12-17(21)4)28-24(23)20-10-9-19(30-6)13-22(20)31-7/h9-13,24H,8,14H2,1-7H3,(H,27,28)/t24-/m1/s1. The lowest BCUT2D eigenvalue weighted by Crippen LogP contribution is -2.30. The van der Waals surface area contributed by atoms with Gasteiger partial charge in [0.1, 0.15) is 17.5 Å². The molecule has 1 aliphatic heterocycles. The molecule has 0 bridgehead atoms. The lowest BCUT2D eigenvalue weighted by Gasteiger charge is -2.27. The van der Waals surface area contributed by atoms with E-state index in [4.69, 9.17) is 19.2 Å². The molecule has 7 heteroatoms. The highest BCUT2D eigenvalue weighted by atomic mass is 32.2. The number of aryl methyl sites for hydroxylation is 3. The van der Waals surface area contributed by atoms with Crippen LogP contribution in [0.3, 0.4) is 0 Å². The molecule has 0 radical (unpaired) electrons. The van der Waals surface area contributed by atoms with Crippen molar-refractivity contribution in [3.8, 4) is 11.5 Å². The number of aliphatic imine (C=N–C) groups is 1. The maximum absolute atomic E-state index is 12.9. The van der Waals surface area contributed by atoms with E-state index in [1.54, 1.807) is 39.0 Å². The second kappa shape index (κ2) is 10.8. The Balaban J connectivity index is 1.99. The van der Waals surface area contributed by atoms with Crippen LogP contribution in [-0.2, 0) is 15.3 Å². The van der Waals surface area contributed by atoms with E-state index in [1.807, 2.05) is 19.1 Å². The number of allylic oxidation sites excluding steroid dienone is 1. The van der Waals surface area contributed by atoms with E-state index in [0.29, 0.717) is 23.7 Å². The minimum absolute atomic E-state index is 0.291. The second-order valence-electron chi connectivity index (χ2n) is 7.99. The van der Waals surface area contributed by atoms with Crippen LogP contribution in [0.15, 0.2) is 46.6 Å². The van der Waals surface area contributed by atoms with Crippen molar-refractivity contribution in [1.29, 1.82) is 0 Å². The summed E-state index contributed by atoms with van der Waals surface area (Å²) >= 11 is 1.62. The number of hydrogen-bond acceptors (Lipinski definition) is 7.